The lowest BCUT2D eigenvalue weighted by Crippen LogP contribution is -2.41. The summed E-state index contributed by atoms with van der Waals surface area (Å²) in [6.07, 6.45) is 5.00. The van der Waals surface area contributed by atoms with Gasteiger partial charge < -0.3 is 4.57 Å². The molecule has 2 aromatic heterocycles. The molecule has 0 atom stereocenters. The van der Waals surface area contributed by atoms with Crippen molar-refractivity contribution in [1.82, 2.24) is 23.6 Å². The van der Waals surface area contributed by atoms with Gasteiger partial charge in [-0.1, -0.05) is 12.1 Å². The molecule has 3 rings (SSSR count). The summed E-state index contributed by atoms with van der Waals surface area (Å²) in [4.78, 5) is 23.3. The maximum absolute atomic E-state index is 12.4. The molecule has 1 N–H and O–H groups in total. The number of nitrogens with zero attached hydrogens (tertiary/aromatic N) is 4. The van der Waals surface area contributed by atoms with Gasteiger partial charge in [0.25, 0.3) is 5.56 Å². The number of sulfonamides is 1. The Kier molecular flexibility index (Phi) is 5.10. The van der Waals surface area contributed by atoms with E-state index in [0.717, 1.165) is 26.6 Å². The normalized spacial score (nSPS) is 11.6. The molecule has 0 fully saturated rings. The van der Waals surface area contributed by atoms with Gasteiger partial charge in [-0.25, -0.2) is 22.6 Å². The van der Waals surface area contributed by atoms with Gasteiger partial charge in [-0.3, -0.25) is 9.36 Å². The zero-order valence-corrected chi connectivity index (χ0v) is 15.7. The summed E-state index contributed by atoms with van der Waals surface area (Å²) >= 11 is 0. The molecule has 0 bridgehead atoms. The molecular formula is C17H19N5O4S. The highest BCUT2D eigenvalue weighted by Gasteiger charge is 2.20. The number of hydrogen-bond acceptors (Lipinski definition) is 5. The fraction of sp³-hybridized carbons (Fsp3) is 0.235. The lowest BCUT2D eigenvalue weighted by molar-refractivity contribution is 0.571. The molecule has 0 unspecified atom stereocenters. The Morgan fingerprint density at radius 1 is 1.11 bits per heavy atom. The van der Waals surface area contributed by atoms with Crippen molar-refractivity contribution in [2.45, 2.75) is 11.3 Å². The van der Waals surface area contributed by atoms with E-state index in [-0.39, 0.29) is 6.54 Å². The highest BCUT2D eigenvalue weighted by Crippen LogP contribution is 2.09. The molecule has 2 heterocycles. The van der Waals surface area contributed by atoms with Crippen LogP contribution in [0.5, 0.6) is 0 Å². The summed E-state index contributed by atoms with van der Waals surface area (Å²) < 4.78 is 30.8. The van der Waals surface area contributed by atoms with E-state index >= 15 is 0 Å². The lowest BCUT2D eigenvalue weighted by Gasteiger charge is -2.09. The second kappa shape index (κ2) is 7.33. The highest BCUT2D eigenvalue weighted by molar-refractivity contribution is 7.89. The van der Waals surface area contributed by atoms with Crippen molar-refractivity contribution in [2.75, 3.05) is 6.54 Å². The van der Waals surface area contributed by atoms with Gasteiger partial charge in [0.15, 0.2) is 4.90 Å². The van der Waals surface area contributed by atoms with Gasteiger partial charge in [-0.05, 0) is 30.2 Å². The van der Waals surface area contributed by atoms with Crippen LogP contribution in [0.1, 0.15) is 5.56 Å². The fourth-order valence-electron chi connectivity index (χ4n) is 2.60. The summed E-state index contributed by atoms with van der Waals surface area (Å²) in [5.41, 5.74) is 0.394. The Labute approximate surface area is 155 Å². The number of benzene rings is 1. The Morgan fingerprint density at radius 3 is 2.44 bits per heavy atom. The monoisotopic (exact) mass is 389 g/mol. The van der Waals surface area contributed by atoms with E-state index in [1.54, 1.807) is 10.9 Å². The van der Waals surface area contributed by atoms with E-state index in [0.29, 0.717) is 6.42 Å². The average Bonchev–Trinajstić information content (AvgIpc) is 3.18. The third kappa shape index (κ3) is 3.91. The predicted molar refractivity (Wildman–Crippen MR) is 99.4 cm³/mol. The summed E-state index contributed by atoms with van der Waals surface area (Å²) in [5.74, 6) is 0. The van der Waals surface area contributed by atoms with Crippen molar-refractivity contribution in [3.63, 3.8) is 0 Å². The molecule has 10 heteroatoms. The minimum absolute atomic E-state index is 0.120. The number of nitrogens with one attached hydrogen (secondary N) is 1. The van der Waals surface area contributed by atoms with Crippen molar-refractivity contribution in [3.8, 4) is 5.69 Å². The smallest absolute Gasteiger partial charge is 0.302 e. The molecule has 1 aromatic carbocycles. The zero-order chi connectivity index (χ0) is 19.6. The van der Waals surface area contributed by atoms with Crippen LogP contribution in [-0.2, 0) is 30.5 Å². The van der Waals surface area contributed by atoms with Crippen molar-refractivity contribution in [1.29, 1.82) is 0 Å². The number of rotatable bonds is 6. The molecule has 0 aliphatic heterocycles. The Bertz CT molecular complexity index is 1160. The predicted octanol–water partition coefficient (Wildman–Crippen LogP) is -0.209. The van der Waals surface area contributed by atoms with Crippen LogP contribution >= 0.6 is 0 Å². The minimum atomic E-state index is -4.02. The minimum Gasteiger partial charge on any atom is -0.302 e. The number of aryl methyl sites for hydroxylation is 1. The van der Waals surface area contributed by atoms with E-state index in [1.807, 2.05) is 36.5 Å². The Hall–Kier alpha value is -2.98. The molecule has 9 nitrogen and oxygen atoms in total. The molecule has 3 aromatic rings. The van der Waals surface area contributed by atoms with Crippen LogP contribution in [0.3, 0.4) is 0 Å². The quantitative estimate of drug-likeness (QED) is 0.628. The molecule has 0 aliphatic rings. The van der Waals surface area contributed by atoms with Gasteiger partial charge >= 0.3 is 5.69 Å². The van der Waals surface area contributed by atoms with Gasteiger partial charge in [0.05, 0.1) is 5.69 Å². The van der Waals surface area contributed by atoms with Crippen molar-refractivity contribution in [2.24, 2.45) is 14.1 Å². The van der Waals surface area contributed by atoms with E-state index in [4.69, 9.17) is 0 Å². The van der Waals surface area contributed by atoms with Gasteiger partial charge in [0, 0.05) is 39.2 Å². The maximum Gasteiger partial charge on any atom is 0.330 e. The van der Waals surface area contributed by atoms with Crippen molar-refractivity contribution < 1.29 is 8.42 Å². The summed E-state index contributed by atoms with van der Waals surface area (Å²) in [6.45, 7) is 0.120. The molecular weight excluding hydrogens is 370 g/mol. The number of hydrogen-bond donors (Lipinski definition) is 1. The third-order valence-electron chi connectivity index (χ3n) is 4.12. The van der Waals surface area contributed by atoms with Crippen molar-refractivity contribution >= 4 is 10.0 Å². The van der Waals surface area contributed by atoms with Crippen LogP contribution in [0.25, 0.3) is 5.69 Å². The van der Waals surface area contributed by atoms with E-state index in [2.05, 4.69) is 9.82 Å². The Morgan fingerprint density at radius 2 is 1.81 bits per heavy atom. The first-order chi connectivity index (χ1) is 12.8. The second-order valence-corrected chi connectivity index (χ2v) is 7.75. The second-order valence-electron chi connectivity index (χ2n) is 6.02. The van der Waals surface area contributed by atoms with Gasteiger partial charge in [0.2, 0.25) is 10.0 Å². The first-order valence-corrected chi connectivity index (χ1v) is 9.63. The largest absolute Gasteiger partial charge is 0.330 e. The molecule has 0 spiro atoms. The molecule has 0 aliphatic carbocycles. The SMILES string of the molecule is Cn1cc(S(=O)(=O)NCCc2ccc(-n3cccn3)cc2)c(=O)n(C)c1=O. The lowest BCUT2D eigenvalue weighted by atomic mass is 10.1. The van der Waals surface area contributed by atoms with Crippen LogP contribution in [0, 0.1) is 0 Å². The maximum atomic E-state index is 12.4. The summed E-state index contributed by atoms with van der Waals surface area (Å²) in [6, 6.07) is 9.37. The van der Waals surface area contributed by atoms with Crippen LogP contribution in [0.15, 0.2) is 63.4 Å². The third-order valence-corrected chi connectivity index (χ3v) is 5.56. The van der Waals surface area contributed by atoms with Crippen LogP contribution in [0.2, 0.25) is 0 Å². The van der Waals surface area contributed by atoms with E-state index < -0.39 is 26.2 Å². The van der Waals surface area contributed by atoms with E-state index in [1.165, 1.54) is 14.1 Å². The first kappa shape index (κ1) is 18.8. The summed E-state index contributed by atoms with van der Waals surface area (Å²) in [7, 11) is -1.39. The molecule has 27 heavy (non-hydrogen) atoms. The van der Waals surface area contributed by atoms with Crippen LogP contribution in [-0.4, -0.2) is 33.9 Å². The first-order valence-electron chi connectivity index (χ1n) is 8.15. The zero-order valence-electron chi connectivity index (χ0n) is 14.9. The molecule has 0 amide bonds. The van der Waals surface area contributed by atoms with Crippen molar-refractivity contribution in [3.05, 3.63) is 75.3 Å². The molecule has 142 valence electrons. The van der Waals surface area contributed by atoms with E-state index in [9.17, 15) is 18.0 Å². The number of aromatic nitrogens is 4. The van der Waals surface area contributed by atoms with Crippen LogP contribution in [0.4, 0.5) is 0 Å². The van der Waals surface area contributed by atoms with Gasteiger partial charge in [0.1, 0.15) is 0 Å². The van der Waals surface area contributed by atoms with Gasteiger partial charge in [-0.2, -0.15) is 5.10 Å². The molecule has 0 radical (unpaired) electrons. The highest BCUT2D eigenvalue weighted by atomic mass is 32.2. The fourth-order valence-corrected chi connectivity index (χ4v) is 3.79. The van der Waals surface area contributed by atoms with Gasteiger partial charge in [-0.15, -0.1) is 0 Å². The topological polar surface area (TPSA) is 108 Å². The average molecular weight is 389 g/mol. The molecule has 0 saturated carbocycles. The Balaban J connectivity index is 1.70. The van der Waals surface area contributed by atoms with Crippen LogP contribution < -0.4 is 16.0 Å². The molecule has 0 saturated heterocycles. The summed E-state index contributed by atoms with van der Waals surface area (Å²) in [5, 5.41) is 4.14. The standard InChI is InChI=1S/C17H19N5O4S/c1-20-12-15(16(23)21(2)17(20)24)27(25,26)19-10-8-13-4-6-14(7-5-13)22-11-3-9-18-22/h3-7,9,11-12,19H,8,10H2,1-2H3.